The van der Waals surface area contributed by atoms with E-state index < -0.39 is 30.0 Å². The number of hydrogen-bond donors (Lipinski definition) is 1. The Kier molecular flexibility index (Phi) is 9.18. The highest BCUT2D eigenvalue weighted by Gasteiger charge is 2.30. The lowest BCUT2D eigenvalue weighted by Crippen LogP contribution is -2.42. The number of aryl methyl sites for hydroxylation is 2. The van der Waals surface area contributed by atoms with Gasteiger partial charge in [0.2, 0.25) is 5.75 Å². The van der Waals surface area contributed by atoms with Crippen LogP contribution in [-0.4, -0.2) is 42.1 Å². The molecule has 0 aliphatic carbocycles. The highest BCUT2D eigenvalue weighted by Crippen LogP contribution is 2.33. The van der Waals surface area contributed by atoms with Crippen LogP contribution in [0.1, 0.15) is 67.7 Å². The van der Waals surface area contributed by atoms with Gasteiger partial charge in [0, 0.05) is 25.1 Å². The highest BCUT2D eigenvalue weighted by atomic mass is 16.6. The first kappa shape index (κ1) is 26.8. The first-order valence-corrected chi connectivity index (χ1v) is 11.3. The van der Waals surface area contributed by atoms with Crippen LogP contribution in [0.15, 0.2) is 30.5 Å². The Hall–Kier alpha value is -3.42. The summed E-state index contributed by atoms with van der Waals surface area (Å²) in [5.41, 5.74) is 3.27. The number of amides is 1. The van der Waals surface area contributed by atoms with E-state index in [2.05, 4.69) is 49.3 Å². The molecule has 184 valence electrons. The summed E-state index contributed by atoms with van der Waals surface area (Å²) in [6, 6.07) is 6.75. The zero-order valence-corrected chi connectivity index (χ0v) is 21.1. The Bertz CT molecular complexity index is 1050. The number of rotatable bonds is 9. The number of nitrogens with one attached hydrogen (secondary N) is 1. The van der Waals surface area contributed by atoms with Gasteiger partial charge in [-0.25, -0.2) is 9.78 Å². The van der Waals surface area contributed by atoms with Crippen molar-refractivity contribution in [2.75, 3.05) is 7.11 Å². The second-order valence-corrected chi connectivity index (χ2v) is 8.75. The maximum atomic E-state index is 12.8. The summed E-state index contributed by atoms with van der Waals surface area (Å²) in [6.45, 7) is 12.9. The van der Waals surface area contributed by atoms with Gasteiger partial charge in [0.25, 0.3) is 5.91 Å². The molecule has 0 saturated carbocycles. The smallest absolute Gasteiger partial charge is 0.328 e. The van der Waals surface area contributed by atoms with Crippen LogP contribution < -0.4 is 14.8 Å². The fourth-order valence-corrected chi connectivity index (χ4v) is 4.03. The van der Waals surface area contributed by atoms with Crippen molar-refractivity contribution in [3.63, 3.8) is 0 Å². The van der Waals surface area contributed by atoms with Gasteiger partial charge in [-0.2, -0.15) is 0 Å². The second kappa shape index (κ2) is 11.6. The molecule has 0 saturated heterocycles. The molecule has 8 nitrogen and oxygen atoms in total. The molecule has 2 aromatic rings. The summed E-state index contributed by atoms with van der Waals surface area (Å²) in [4.78, 5) is 41.1. The van der Waals surface area contributed by atoms with Crippen LogP contribution in [0.2, 0.25) is 0 Å². The molecule has 34 heavy (non-hydrogen) atoms. The lowest BCUT2D eigenvalue weighted by atomic mass is 9.82. The van der Waals surface area contributed by atoms with Gasteiger partial charge in [-0.3, -0.25) is 9.59 Å². The number of aromatic nitrogens is 1. The van der Waals surface area contributed by atoms with Gasteiger partial charge in [0.1, 0.15) is 12.1 Å². The molecule has 1 heterocycles. The zero-order valence-electron chi connectivity index (χ0n) is 21.1. The molecule has 8 heteroatoms. The normalized spacial score (nSPS) is 13.6. The van der Waals surface area contributed by atoms with Crippen LogP contribution in [0.4, 0.5) is 0 Å². The van der Waals surface area contributed by atoms with Crippen LogP contribution in [-0.2, 0) is 14.3 Å². The quantitative estimate of drug-likeness (QED) is 0.550. The third-order valence-electron chi connectivity index (χ3n) is 5.56. The average molecular weight is 471 g/mol. The molecule has 0 radical (unpaired) electrons. The first-order chi connectivity index (χ1) is 16.0. The predicted octanol–water partition coefficient (Wildman–Crippen LogP) is 4.12. The minimum Gasteiger partial charge on any atom is -0.493 e. The highest BCUT2D eigenvalue weighted by molar-refractivity contribution is 5.98. The number of ether oxygens (including phenoxy) is 3. The topological polar surface area (TPSA) is 104 Å². The van der Waals surface area contributed by atoms with Gasteiger partial charge in [-0.05, 0) is 44.7 Å². The Morgan fingerprint density at radius 1 is 1.03 bits per heavy atom. The summed E-state index contributed by atoms with van der Waals surface area (Å²) in [6.07, 6.45) is 0.933. The lowest BCUT2D eigenvalue weighted by Gasteiger charge is -2.30. The monoisotopic (exact) mass is 470 g/mol. The van der Waals surface area contributed by atoms with Crippen LogP contribution >= 0.6 is 0 Å². The molecule has 1 aromatic heterocycles. The molecule has 2 rings (SSSR count). The van der Waals surface area contributed by atoms with Gasteiger partial charge in [-0.1, -0.05) is 37.6 Å². The van der Waals surface area contributed by atoms with E-state index in [-0.39, 0.29) is 29.0 Å². The van der Waals surface area contributed by atoms with Crippen molar-refractivity contribution in [1.29, 1.82) is 0 Å². The summed E-state index contributed by atoms with van der Waals surface area (Å²) in [7, 11) is 1.38. The fraction of sp³-hybridized carbons (Fsp3) is 0.462. The molecule has 1 N–H and O–H groups in total. The SMILES string of the molecule is COc1ccnc(C(=O)N[C@@H](C)C(=O)O[C@@H](C)[C@H](c2ccc(C)cc2C)C(C)C)c1OC(C)=O. The van der Waals surface area contributed by atoms with Gasteiger partial charge in [-0.15, -0.1) is 0 Å². The van der Waals surface area contributed by atoms with Gasteiger partial charge < -0.3 is 19.5 Å². The Labute approximate surface area is 201 Å². The van der Waals surface area contributed by atoms with E-state index in [1.165, 1.54) is 38.8 Å². The molecule has 1 amide bonds. The second-order valence-electron chi connectivity index (χ2n) is 8.75. The van der Waals surface area contributed by atoms with Crippen molar-refractivity contribution >= 4 is 17.8 Å². The fourth-order valence-electron chi connectivity index (χ4n) is 4.03. The largest absolute Gasteiger partial charge is 0.493 e. The van der Waals surface area contributed by atoms with E-state index in [0.29, 0.717) is 0 Å². The van der Waals surface area contributed by atoms with Crippen LogP contribution in [0.5, 0.6) is 11.5 Å². The van der Waals surface area contributed by atoms with E-state index >= 15 is 0 Å². The third-order valence-corrected chi connectivity index (χ3v) is 5.56. The summed E-state index contributed by atoms with van der Waals surface area (Å²) in [5.74, 6) is -1.63. The summed E-state index contributed by atoms with van der Waals surface area (Å²) in [5, 5.41) is 2.57. The molecular weight excluding hydrogens is 436 g/mol. The van der Waals surface area contributed by atoms with Crippen LogP contribution in [0, 0.1) is 19.8 Å². The van der Waals surface area contributed by atoms with Gasteiger partial charge in [0.15, 0.2) is 11.4 Å². The summed E-state index contributed by atoms with van der Waals surface area (Å²) >= 11 is 0. The Morgan fingerprint density at radius 2 is 1.71 bits per heavy atom. The molecule has 0 fully saturated rings. The van der Waals surface area contributed by atoms with Crippen LogP contribution in [0.25, 0.3) is 0 Å². The minimum atomic E-state index is -0.958. The first-order valence-electron chi connectivity index (χ1n) is 11.3. The Balaban J connectivity index is 2.16. The van der Waals surface area contributed by atoms with Crippen LogP contribution in [0.3, 0.4) is 0 Å². The van der Waals surface area contributed by atoms with E-state index in [1.807, 2.05) is 13.8 Å². The molecule has 3 atom stereocenters. The number of benzene rings is 1. The lowest BCUT2D eigenvalue weighted by molar-refractivity contribution is -0.151. The standard InChI is InChI=1S/C26H34N2O6/c1-14(2)22(20-10-9-15(3)13-16(20)4)18(6)33-26(31)17(5)28-25(30)23-24(34-19(7)29)21(32-8)11-12-27-23/h9-14,17-18,22H,1-8H3,(H,28,30)/t17-,18-,22+/m0/s1. The summed E-state index contributed by atoms with van der Waals surface area (Å²) < 4.78 is 16.0. The molecule has 0 aliphatic rings. The molecule has 0 bridgehead atoms. The molecule has 0 spiro atoms. The maximum Gasteiger partial charge on any atom is 0.328 e. The van der Waals surface area contributed by atoms with Crippen molar-refractivity contribution in [1.82, 2.24) is 10.3 Å². The van der Waals surface area contributed by atoms with Crippen molar-refractivity contribution in [3.8, 4) is 11.5 Å². The van der Waals surface area contributed by atoms with Gasteiger partial charge >= 0.3 is 11.9 Å². The van der Waals surface area contributed by atoms with Crippen molar-refractivity contribution in [3.05, 3.63) is 52.8 Å². The van der Waals surface area contributed by atoms with E-state index in [1.54, 1.807) is 0 Å². The van der Waals surface area contributed by atoms with Gasteiger partial charge in [0.05, 0.1) is 7.11 Å². The molecule has 0 unspecified atom stereocenters. The number of hydrogen-bond acceptors (Lipinski definition) is 7. The van der Waals surface area contributed by atoms with Crippen molar-refractivity contribution in [2.24, 2.45) is 5.92 Å². The average Bonchev–Trinajstić information content (AvgIpc) is 2.74. The predicted molar refractivity (Wildman–Crippen MR) is 128 cm³/mol. The van der Waals surface area contributed by atoms with E-state index in [0.717, 1.165) is 11.1 Å². The zero-order chi connectivity index (χ0) is 25.6. The molecular formula is C26H34N2O6. The number of pyridine rings is 1. The molecule has 1 aromatic carbocycles. The van der Waals surface area contributed by atoms with E-state index in [9.17, 15) is 14.4 Å². The van der Waals surface area contributed by atoms with Crippen molar-refractivity contribution in [2.45, 2.75) is 66.5 Å². The van der Waals surface area contributed by atoms with Crippen molar-refractivity contribution < 1.29 is 28.6 Å². The number of methoxy groups -OCH3 is 1. The Morgan fingerprint density at radius 3 is 2.26 bits per heavy atom. The minimum absolute atomic E-state index is 0.0110. The number of carbonyl (C=O) groups excluding carboxylic acids is 3. The van der Waals surface area contributed by atoms with E-state index in [4.69, 9.17) is 14.2 Å². The molecule has 0 aliphatic heterocycles. The number of esters is 2. The third kappa shape index (κ3) is 6.56. The number of carbonyl (C=O) groups is 3. The maximum absolute atomic E-state index is 12.8. The number of nitrogens with zero attached hydrogens (tertiary/aromatic N) is 1.